The minimum Gasteiger partial charge on any atom is -0.463 e. The van der Waals surface area contributed by atoms with Crippen molar-refractivity contribution in [3.8, 4) is 0 Å². The molecule has 0 heterocycles. The largest absolute Gasteiger partial charge is 0.463 e. The molecule has 1 aliphatic carbocycles. The van der Waals surface area contributed by atoms with Crippen LogP contribution in [0.15, 0.2) is 24.3 Å². The highest BCUT2D eigenvalue weighted by Crippen LogP contribution is 2.38. The summed E-state index contributed by atoms with van der Waals surface area (Å²) in [6.45, 7) is 13.1. The molecule has 2 nitrogen and oxygen atoms in total. The van der Waals surface area contributed by atoms with Crippen LogP contribution in [0.1, 0.15) is 90.7 Å². The van der Waals surface area contributed by atoms with Crippen molar-refractivity contribution >= 4 is 5.97 Å². The summed E-state index contributed by atoms with van der Waals surface area (Å²) in [6, 6.07) is 9.27. The van der Waals surface area contributed by atoms with Crippen LogP contribution in [0.2, 0.25) is 0 Å². The Bertz CT molecular complexity index is 540. The van der Waals surface area contributed by atoms with Crippen molar-refractivity contribution < 1.29 is 9.53 Å². The van der Waals surface area contributed by atoms with Gasteiger partial charge >= 0.3 is 5.97 Å². The first-order chi connectivity index (χ1) is 11.1. The van der Waals surface area contributed by atoms with Crippen molar-refractivity contribution in [2.45, 2.75) is 91.1 Å². The molecule has 1 fully saturated rings. The number of esters is 1. The van der Waals surface area contributed by atoms with Crippen molar-refractivity contribution in [3.05, 3.63) is 35.4 Å². The van der Waals surface area contributed by atoms with E-state index in [-0.39, 0.29) is 17.5 Å². The summed E-state index contributed by atoms with van der Waals surface area (Å²) in [5.41, 5.74) is 3.39. The van der Waals surface area contributed by atoms with E-state index in [1.807, 2.05) is 0 Å². The van der Waals surface area contributed by atoms with Gasteiger partial charge in [0.15, 0.2) is 0 Å². The van der Waals surface area contributed by atoms with Crippen LogP contribution < -0.4 is 0 Å². The third-order valence-corrected chi connectivity index (χ3v) is 5.14. The fraction of sp³-hybridized carbons (Fsp3) is 0.682. The molecular formula is C22H34O2. The molecule has 0 aliphatic heterocycles. The van der Waals surface area contributed by atoms with E-state index in [9.17, 15) is 4.79 Å². The Balaban J connectivity index is 1.99. The Morgan fingerprint density at radius 1 is 1.00 bits per heavy atom. The molecule has 0 amide bonds. The maximum atomic E-state index is 11.1. The lowest BCUT2D eigenvalue weighted by atomic mass is 9.72. The highest BCUT2D eigenvalue weighted by Gasteiger charge is 2.28. The van der Waals surface area contributed by atoms with Gasteiger partial charge in [-0.15, -0.1) is 0 Å². The second-order valence-electron chi connectivity index (χ2n) is 9.33. The molecule has 0 radical (unpaired) electrons. The minimum atomic E-state index is -0.149. The molecule has 0 bridgehead atoms. The van der Waals surface area contributed by atoms with Gasteiger partial charge in [-0.05, 0) is 60.0 Å². The molecule has 0 saturated heterocycles. The molecule has 0 aromatic heterocycles. The van der Waals surface area contributed by atoms with Crippen LogP contribution in [0.25, 0.3) is 0 Å². The molecule has 0 atom stereocenters. The highest BCUT2D eigenvalue weighted by atomic mass is 16.5. The molecule has 0 N–H and O–H groups in total. The molecule has 1 aliphatic rings. The van der Waals surface area contributed by atoms with Crippen LogP contribution in [0.5, 0.6) is 0 Å². The van der Waals surface area contributed by atoms with Crippen LogP contribution in [-0.2, 0) is 14.9 Å². The molecule has 134 valence electrons. The van der Waals surface area contributed by atoms with E-state index in [4.69, 9.17) is 4.74 Å². The summed E-state index contributed by atoms with van der Waals surface area (Å²) < 4.78 is 5.35. The van der Waals surface area contributed by atoms with Gasteiger partial charge in [0.1, 0.15) is 6.10 Å². The van der Waals surface area contributed by atoms with E-state index in [1.165, 1.54) is 24.5 Å². The number of ether oxygens (including phenoxy) is 1. The molecule has 1 aromatic carbocycles. The number of rotatable bonds is 4. The van der Waals surface area contributed by atoms with E-state index >= 15 is 0 Å². The van der Waals surface area contributed by atoms with E-state index in [0.29, 0.717) is 11.3 Å². The zero-order chi connectivity index (χ0) is 18.0. The van der Waals surface area contributed by atoms with Gasteiger partial charge in [-0.25, -0.2) is 0 Å². The van der Waals surface area contributed by atoms with Crippen LogP contribution in [0, 0.1) is 5.41 Å². The molecule has 1 saturated carbocycles. The SMILES string of the molecule is CC(=O)OC1CCC(c2ccc(C(C)(C)CC(C)(C)C)cc2)CC1. The summed E-state index contributed by atoms with van der Waals surface area (Å²) in [4.78, 5) is 11.1. The third-order valence-electron chi connectivity index (χ3n) is 5.14. The summed E-state index contributed by atoms with van der Waals surface area (Å²) in [7, 11) is 0. The maximum absolute atomic E-state index is 11.1. The van der Waals surface area contributed by atoms with E-state index in [1.54, 1.807) is 0 Å². The van der Waals surface area contributed by atoms with Crippen molar-refractivity contribution in [2.75, 3.05) is 0 Å². The van der Waals surface area contributed by atoms with Crippen molar-refractivity contribution in [3.63, 3.8) is 0 Å². The normalized spacial score (nSPS) is 22.2. The van der Waals surface area contributed by atoms with Crippen LogP contribution in [0.4, 0.5) is 0 Å². The van der Waals surface area contributed by atoms with Gasteiger partial charge in [0.2, 0.25) is 0 Å². The Morgan fingerprint density at radius 2 is 1.54 bits per heavy atom. The Hall–Kier alpha value is -1.31. The summed E-state index contributed by atoms with van der Waals surface area (Å²) in [6.07, 6.45) is 5.50. The van der Waals surface area contributed by atoms with Gasteiger partial charge in [0.05, 0.1) is 0 Å². The van der Waals surface area contributed by atoms with Gasteiger partial charge < -0.3 is 4.74 Å². The second-order valence-corrected chi connectivity index (χ2v) is 9.33. The minimum absolute atomic E-state index is 0.128. The molecule has 0 unspecified atom stereocenters. The van der Waals surface area contributed by atoms with Gasteiger partial charge in [0.25, 0.3) is 0 Å². The van der Waals surface area contributed by atoms with Crippen molar-refractivity contribution in [1.82, 2.24) is 0 Å². The number of hydrogen-bond donors (Lipinski definition) is 0. The number of carbonyl (C=O) groups is 1. The fourth-order valence-corrected chi connectivity index (χ4v) is 4.38. The first kappa shape index (κ1) is 19.0. The Morgan fingerprint density at radius 3 is 2.00 bits per heavy atom. The molecular weight excluding hydrogens is 296 g/mol. The Labute approximate surface area is 148 Å². The first-order valence-corrected chi connectivity index (χ1v) is 9.34. The van der Waals surface area contributed by atoms with Gasteiger partial charge in [-0.2, -0.15) is 0 Å². The standard InChI is InChI=1S/C22H34O2/c1-16(23)24-20-13-9-18(10-14-20)17-7-11-19(12-8-17)22(5,6)15-21(2,3)4/h7-8,11-12,18,20H,9-10,13-15H2,1-6H3. The summed E-state index contributed by atoms with van der Waals surface area (Å²) in [5, 5.41) is 0. The maximum Gasteiger partial charge on any atom is 0.302 e. The number of benzene rings is 1. The van der Waals surface area contributed by atoms with E-state index in [0.717, 1.165) is 25.7 Å². The predicted molar refractivity (Wildman–Crippen MR) is 100 cm³/mol. The quantitative estimate of drug-likeness (QED) is 0.634. The average Bonchev–Trinajstić information content (AvgIpc) is 2.45. The predicted octanol–water partition coefficient (Wildman–Crippen LogP) is 5.99. The lowest BCUT2D eigenvalue weighted by Gasteiger charge is -2.33. The third kappa shape index (κ3) is 5.36. The number of hydrogen-bond acceptors (Lipinski definition) is 2. The summed E-state index contributed by atoms with van der Waals surface area (Å²) >= 11 is 0. The Kier molecular flexibility index (Phi) is 5.78. The van der Waals surface area contributed by atoms with Crippen LogP contribution in [0.3, 0.4) is 0 Å². The zero-order valence-corrected chi connectivity index (χ0v) is 16.3. The molecule has 1 aromatic rings. The smallest absolute Gasteiger partial charge is 0.302 e. The summed E-state index contributed by atoms with van der Waals surface area (Å²) in [5.74, 6) is 0.459. The molecule has 24 heavy (non-hydrogen) atoms. The van der Waals surface area contributed by atoms with Gasteiger partial charge in [-0.3, -0.25) is 4.79 Å². The monoisotopic (exact) mass is 330 g/mol. The molecule has 0 spiro atoms. The highest BCUT2D eigenvalue weighted by molar-refractivity contribution is 5.66. The zero-order valence-electron chi connectivity index (χ0n) is 16.3. The fourth-order valence-electron chi connectivity index (χ4n) is 4.38. The lowest BCUT2D eigenvalue weighted by molar-refractivity contribution is -0.147. The van der Waals surface area contributed by atoms with Crippen molar-refractivity contribution in [1.29, 1.82) is 0 Å². The van der Waals surface area contributed by atoms with Crippen molar-refractivity contribution in [2.24, 2.45) is 5.41 Å². The van der Waals surface area contributed by atoms with E-state index < -0.39 is 0 Å². The lowest BCUT2D eigenvalue weighted by Crippen LogP contribution is -2.25. The van der Waals surface area contributed by atoms with Crippen LogP contribution in [-0.4, -0.2) is 12.1 Å². The number of carbonyl (C=O) groups excluding carboxylic acids is 1. The van der Waals surface area contributed by atoms with E-state index in [2.05, 4.69) is 58.9 Å². The van der Waals surface area contributed by atoms with Gasteiger partial charge in [0, 0.05) is 6.92 Å². The van der Waals surface area contributed by atoms with Gasteiger partial charge in [-0.1, -0.05) is 58.9 Å². The molecule has 2 heteroatoms. The van der Waals surface area contributed by atoms with Crippen LogP contribution >= 0.6 is 0 Å². The average molecular weight is 331 g/mol. The molecule has 2 rings (SSSR count). The second kappa shape index (κ2) is 7.29. The topological polar surface area (TPSA) is 26.3 Å². The first-order valence-electron chi connectivity index (χ1n) is 9.34.